The van der Waals surface area contributed by atoms with Crippen molar-refractivity contribution in [1.82, 2.24) is 4.72 Å². The fourth-order valence-electron chi connectivity index (χ4n) is 2.63. The molecule has 4 N–H and O–H groups in total. The maximum absolute atomic E-state index is 12.7. The summed E-state index contributed by atoms with van der Waals surface area (Å²) in [6, 6.07) is 14.4. The van der Waals surface area contributed by atoms with E-state index in [1.807, 2.05) is 24.3 Å². The molecular formula is C20H28N4O3S. The van der Waals surface area contributed by atoms with Gasteiger partial charge in [0.25, 0.3) is 0 Å². The highest BCUT2D eigenvalue weighted by Gasteiger charge is 2.24. The van der Waals surface area contributed by atoms with Crippen molar-refractivity contribution in [3.63, 3.8) is 0 Å². The maximum atomic E-state index is 12.7. The van der Waals surface area contributed by atoms with Gasteiger partial charge in [-0.25, -0.2) is 18.1 Å². The van der Waals surface area contributed by atoms with Gasteiger partial charge in [0, 0.05) is 23.9 Å². The molecule has 152 valence electrons. The van der Waals surface area contributed by atoms with E-state index < -0.39 is 15.6 Å². The van der Waals surface area contributed by atoms with E-state index in [9.17, 15) is 8.42 Å². The second kappa shape index (κ2) is 9.18. The van der Waals surface area contributed by atoms with Gasteiger partial charge in [0.2, 0.25) is 10.0 Å². The summed E-state index contributed by atoms with van der Waals surface area (Å²) >= 11 is 0. The number of nitrogens with zero attached hydrogens (tertiary/aromatic N) is 1. The van der Waals surface area contributed by atoms with Crippen molar-refractivity contribution < 1.29 is 13.2 Å². The molecular weight excluding hydrogens is 376 g/mol. The van der Waals surface area contributed by atoms with Crippen LogP contribution in [-0.4, -0.2) is 27.0 Å². The zero-order chi connectivity index (χ0) is 20.8. The maximum Gasteiger partial charge on any atom is 0.241 e. The lowest BCUT2D eigenvalue weighted by molar-refractivity contribution is 0.185. The number of benzene rings is 2. The zero-order valence-electron chi connectivity index (χ0n) is 16.7. The Labute approximate surface area is 167 Å². The minimum atomic E-state index is -3.67. The average Bonchev–Trinajstić information content (AvgIpc) is 2.60. The van der Waals surface area contributed by atoms with E-state index in [0.29, 0.717) is 12.2 Å². The molecule has 0 bridgehead atoms. The van der Waals surface area contributed by atoms with E-state index in [1.165, 1.54) is 0 Å². The molecule has 0 fully saturated rings. The molecule has 0 unspecified atom stereocenters. The van der Waals surface area contributed by atoms with E-state index in [0.717, 1.165) is 11.3 Å². The van der Waals surface area contributed by atoms with Crippen LogP contribution >= 0.6 is 0 Å². The van der Waals surface area contributed by atoms with Gasteiger partial charge < -0.3 is 15.8 Å². The fourth-order valence-corrected chi connectivity index (χ4v) is 4.28. The third kappa shape index (κ3) is 6.33. The number of nitrogens with two attached hydrogens (primary N) is 1. The molecule has 2 rings (SSSR count). The van der Waals surface area contributed by atoms with E-state index >= 15 is 0 Å². The first-order valence-electron chi connectivity index (χ1n) is 8.88. The number of anilines is 1. The number of para-hydroxylation sites is 1. The number of methoxy groups -OCH3 is 1. The van der Waals surface area contributed by atoms with Crippen LogP contribution in [0.15, 0.2) is 58.4 Å². The second-order valence-corrected chi connectivity index (χ2v) is 9.03. The predicted octanol–water partition coefficient (Wildman–Crippen LogP) is 2.84. The second-order valence-electron chi connectivity index (χ2n) is 7.38. The van der Waals surface area contributed by atoms with Crippen molar-refractivity contribution in [2.75, 3.05) is 12.4 Å². The van der Waals surface area contributed by atoms with Crippen molar-refractivity contribution >= 4 is 21.7 Å². The van der Waals surface area contributed by atoms with Crippen molar-refractivity contribution in [2.45, 2.75) is 44.4 Å². The van der Waals surface area contributed by atoms with Crippen LogP contribution in [-0.2, 0) is 27.9 Å². The summed E-state index contributed by atoms with van der Waals surface area (Å²) in [6.07, 6.45) is 0. The molecule has 2 aromatic carbocycles. The smallest absolute Gasteiger partial charge is 0.241 e. The minimum absolute atomic E-state index is 0.131. The lowest BCUT2D eigenvalue weighted by atomic mass is 10.1. The summed E-state index contributed by atoms with van der Waals surface area (Å²) in [5, 5.41) is 3.04. The quantitative estimate of drug-likeness (QED) is 0.486. The van der Waals surface area contributed by atoms with Crippen LogP contribution in [0.4, 0.5) is 5.69 Å². The van der Waals surface area contributed by atoms with Crippen molar-refractivity contribution in [3.05, 3.63) is 59.7 Å². The van der Waals surface area contributed by atoms with Gasteiger partial charge in [-0.2, -0.15) is 0 Å². The standard InChI is InChI=1S/C20H28N4O3S/c1-20(2,3)24-28(25,26)18-12-8-6-9-15(18)13-22-19(21)23-17-11-7-5-10-16(17)14-27-4/h5-12,24H,13-14H2,1-4H3,(H3,21,22,23). The van der Waals surface area contributed by atoms with Crippen molar-refractivity contribution in [1.29, 1.82) is 0 Å². The Morgan fingerprint density at radius 3 is 2.32 bits per heavy atom. The molecule has 2 aromatic rings. The number of guanidine groups is 1. The van der Waals surface area contributed by atoms with Crippen LogP contribution in [0, 0.1) is 0 Å². The Morgan fingerprint density at radius 1 is 1.07 bits per heavy atom. The molecule has 0 aliphatic rings. The SMILES string of the molecule is COCc1ccccc1NC(N)=NCc1ccccc1S(=O)(=O)NC(C)(C)C. The summed E-state index contributed by atoms with van der Waals surface area (Å²) in [7, 11) is -2.04. The first-order chi connectivity index (χ1) is 13.1. The molecule has 0 aliphatic heterocycles. The normalized spacial score (nSPS) is 12.8. The summed E-state index contributed by atoms with van der Waals surface area (Å²) in [4.78, 5) is 4.51. The van der Waals surface area contributed by atoms with Gasteiger partial charge in [-0.1, -0.05) is 36.4 Å². The molecule has 0 aliphatic carbocycles. The zero-order valence-corrected chi connectivity index (χ0v) is 17.5. The number of rotatable bonds is 7. The molecule has 0 saturated heterocycles. The summed E-state index contributed by atoms with van der Waals surface area (Å²) in [6.45, 7) is 5.96. The van der Waals surface area contributed by atoms with Gasteiger partial charge in [-0.15, -0.1) is 0 Å². The third-order valence-electron chi connectivity index (χ3n) is 3.70. The monoisotopic (exact) mass is 404 g/mol. The summed E-state index contributed by atoms with van der Waals surface area (Å²) < 4.78 is 33.2. The molecule has 0 aromatic heterocycles. The predicted molar refractivity (Wildman–Crippen MR) is 113 cm³/mol. The molecule has 0 amide bonds. The number of aliphatic imine (C=N–C) groups is 1. The lowest BCUT2D eigenvalue weighted by Gasteiger charge is -2.21. The fraction of sp³-hybridized carbons (Fsp3) is 0.350. The van der Waals surface area contributed by atoms with Gasteiger partial charge in [-0.3, -0.25) is 0 Å². The van der Waals surface area contributed by atoms with Crippen LogP contribution in [0.25, 0.3) is 0 Å². The van der Waals surface area contributed by atoms with Gasteiger partial charge >= 0.3 is 0 Å². The highest BCUT2D eigenvalue weighted by atomic mass is 32.2. The topological polar surface area (TPSA) is 106 Å². The number of hydrogen-bond donors (Lipinski definition) is 3. The number of hydrogen-bond acceptors (Lipinski definition) is 4. The van der Waals surface area contributed by atoms with E-state index in [1.54, 1.807) is 52.1 Å². The largest absolute Gasteiger partial charge is 0.380 e. The Bertz CT molecular complexity index is 934. The Kier molecular flexibility index (Phi) is 7.17. The van der Waals surface area contributed by atoms with Crippen molar-refractivity contribution in [3.8, 4) is 0 Å². The van der Waals surface area contributed by atoms with Crippen LogP contribution in [0.2, 0.25) is 0 Å². The summed E-state index contributed by atoms with van der Waals surface area (Å²) in [5.74, 6) is 0.194. The molecule has 0 heterocycles. The number of sulfonamides is 1. The third-order valence-corrected chi connectivity index (χ3v) is 5.56. The van der Waals surface area contributed by atoms with Crippen molar-refractivity contribution in [2.24, 2.45) is 10.7 Å². The van der Waals surface area contributed by atoms with E-state index in [2.05, 4.69) is 15.0 Å². The average molecular weight is 405 g/mol. The van der Waals surface area contributed by atoms with Gasteiger partial charge in [-0.05, 0) is 38.5 Å². The molecule has 8 heteroatoms. The first kappa shape index (κ1) is 21.9. The minimum Gasteiger partial charge on any atom is -0.380 e. The molecule has 0 saturated carbocycles. The van der Waals surface area contributed by atoms with Crippen LogP contribution in [0.1, 0.15) is 31.9 Å². The number of nitrogens with one attached hydrogen (secondary N) is 2. The van der Waals surface area contributed by atoms with Crippen LogP contribution in [0.5, 0.6) is 0 Å². The molecule has 7 nitrogen and oxygen atoms in total. The van der Waals surface area contributed by atoms with Crippen LogP contribution in [0.3, 0.4) is 0 Å². The highest BCUT2D eigenvalue weighted by molar-refractivity contribution is 7.89. The Morgan fingerprint density at radius 2 is 1.68 bits per heavy atom. The molecule has 0 spiro atoms. The van der Waals surface area contributed by atoms with Gasteiger partial charge in [0.1, 0.15) is 0 Å². The molecule has 0 radical (unpaired) electrons. The van der Waals surface area contributed by atoms with E-state index in [-0.39, 0.29) is 17.4 Å². The summed E-state index contributed by atoms with van der Waals surface area (Å²) in [5.41, 5.74) is 7.73. The lowest BCUT2D eigenvalue weighted by Crippen LogP contribution is -2.40. The first-order valence-corrected chi connectivity index (χ1v) is 10.4. The molecule has 28 heavy (non-hydrogen) atoms. The number of ether oxygens (including phenoxy) is 1. The molecule has 0 atom stereocenters. The highest BCUT2D eigenvalue weighted by Crippen LogP contribution is 2.19. The van der Waals surface area contributed by atoms with E-state index in [4.69, 9.17) is 10.5 Å². The van der Waals surface area contributed by atoms with Crippen LogP contribution < -0.4 is 15.8 Å². The Hall–Kier alpha value is -2.42. The Balaban J connectivity index is 2.21. The van der Waals surface area contributed by atoms with Gasteiger partial charge in [0.15, 0.2) is 5.96 Å². The van der Waals surface area contributed by atoms with Gasteiger partial charge in [0.05, 0.1) is 18.0 Å².